The molecule has 27 heavy (non-hydrogen) atoms. The third-order valence-electron chi connectivity index (χ3n) is 3.76. The first-order valence-corrected chi connectivity index (χ1v) is 7.91. The van der Waals surface area contributed by atoms with Gasteiger partial charge in [-0.3, -0.25) is 14.9 Å². The number of esters is 2. The van der Waals surface area contributed by atoms with Gasteiger partial charge in [0.05, 0.1) is 42.0 Å². The fourth-order valence-corrected chi connectivity index (χ4v) is 2.71. The molecule has 1 aliphatic heterocycles. The predicted molar refractivity (Wildman–Crippen MR) is 90.3 cm³/mol. The third kappa shape index (κ3) is 3.89. The number of rotatable bonds is 6. The van der Waals surface area contributed by atoms with Crippen molar-refractivity contribution in [1.29, 1.82) is 0 Å². The fraction of sp³-hybridized carbons (Fsp3) is 0.353. The average Bonchev–Trinajstić information content (AvgIpc) is 3.09. The Hall–Kier alpha value is -3.43. The zero-order valence-electron chi connectivity index (χ0n) is 15.1. The number of nitro groups is 1. The van der Waals surface area contributed by atoms with Crippen LogP contribution < -0.4 is 5.32 Å². The summed E-state index contributed by atoms with van der Waals surface area (Å²) in [6.07, 6.45) is -0.0626. The minimum Gasteiger partial charge on any atom is -0.466 e. The van der Waals surface area contributed by atoms with E-state index in [1.165, 1.54) is 13.0 Å². The number of carbonyl (C=O) groups is 3. The second-order valence-corrected chi connectivity index (χ2v) is 5.92. The van der Waals surface area contributed by atoms with Gasteiger partial charge in [0.15, 0.2) is 6.29 Å². The first kappa shape index (κ1) is 19.9. The van der Waals surface area contributed by atoms with E-state index >= 15 is 0 Å². The minimum atomic E-state index is -1.21. The van der Waals surface area contributed by atoms with E-state index in [0.29, 0.717) is 6.29 Å². The predicted octanol–water partition coefficient (Wildman–Crippen LogP) is 1.73. The lowest BCUT2D eigenvalue weighted by Gasteiger charge is -2.28. The second-order valence-electron chi connectivity index (χ2n) is 5.92. The molecule has 2 rings (SSSR count). The lowest BCUT2D eigenvalue weighted by atomic mass is 9.83. The summed E-state index contributed by atoms with van der Waals surface area (Å²) in [5.74, 6) is -3.51. The number of furan rings is 1. The van der Waals surface area contributed by atoms with Crippen LogP contribution in [0.2, 0.25) is 0 Å². The highest BCUT2D eigenvalue weighted by Crippen LogP contribution is 2.40. The van der Waals surface area contributed by atoms with Gasteiger partial charge in [0.25, 0.3) is 0 Å². The molecule has 1 unspecified atom stereocenters. The smallest absolute Gasteiger partial charge is 0.433 e. The van der Waals surface area contributed by atoms with Gasteiger partial charge in [0.2, 0.25) is 0 Å². The van der Waals surface area contributed by atoms with E-state index in [9.17, 15) is 24.5 Å². The van der Waals surface area contributed by atoms with Gasteiger partial charge < -0.3 is 19.2 Å². The molecule has 10 heteroatoms. The summed E-state index contributed by atoms with van der Waals surface area (Å²) in [4.78, 5) is 46.6. The molecule has 1 aliphatic rings. The molecular weight excluding hydrogens is 360 g/mol. The third-order valence-corrected chi connectivity index (χ3v) is 3.76. The van der Waals surface area contributed by atoms with Crippen LogP contribution in [-0.2, 0) is 23.9 Å². The van der Waals surface area contributed by atoms with Gasteiger partial charge in [0, 0.05) is 5.70 Å². The van der Waals surface area contributed by atoms with Crippen molar-refractivity contribution in [3.63, 3.8) is 0 Å². The molecule has 10 nitrogen and oxygen atoms in total. The zero-order valence-corrected chi connectivity index (χ0v) is 15.1. The summed E-state index contributed by atoms with van der Waals surface area (Å²) in [5, 5.41) is 13.6. The number of carbonyl (C=O) groups excluding carboxylic acids is 3. The van der Waals surface area contributed by atoms with E-state index in [0.717, 1.165) is 13.2 Å². The molecule has 0 saturated carbocycles. The number of aldehydes is 1. The van der Waals surface area contributed by atoms with E-state index in [2.05, 4.69) is 5.32 Å². The van der Waals surface area contributed by atoms with Gasteiger partial charge >= 0.3 is 17.8 Å². The molecule has 1 atom stereocenters. The number of methoxy groups -OCH3 is 1. The fourth-order valence-electron chi connectivity index (χ4n) is 2.71. The molecule has 1 aromatic rings. The standard InChI is InChI=1S/C17H18N2O8/c1-8(2)26-17(22)13-9(3)18-10(7-20)14(16(21)25-4)15(13)11-5-6-12(27-11)19(23)24/h5-8,15,18H,1-4H3. The first-order valence-electron chi connectivity index (χ1n) is 7.91. The van der Waals surface area contributed by atoms with Crippen molar-refractivity contribution in [3.05, 3.63) is 50.5 Å². The molecule has 0 bridgehead atoms. The van der Waals surface area contributed by atoms with Gasteiger partial charge in [0.1, 0.15) is 10.7 Å². The number of dihydropyridines is 1. The van der Waals surface area contributed by atoms with E-state index in [4.69, 9.17) is 13.9 Å². The molecule has 1 N–H and O–H groups in total. The van der Waals surface area contributed by atoms with Crippen molar-refractivity contribution in [2.75, 3.05) is 7.11 Å². The number of nitrogens with one attached hydrogen (secondary N) is 1. The van der Waals surface area contributed by atoms with Gasteiger partial charge in [-0.15, -0.1) is 0 Å². The Morgan fingerprint density at radius 1 is 1.30 bits per heavy atom. The van der Waals surface area contributed by atoms with Crippen molar-refractivity contribution in [2.24, 2.45) is 0 Å². The highest BCUT2D eigenvalue weighted by Gasteiger charge is 2.41. The Morgan fingerprint density at radius 2 is 1.96 bits per heavy atom. The molecule has 0 aromatic carbocycles. The molecule has 0 spiro atoms. The summed E-state index contributed by atoms with van der Waals surface area (Å²) >= 11 is 0. The molecule has 0 aliphatic carbocycles. The van der Waals surface area contributed by atoms with Gasteiger partial charge in [-0.2, -0.15) is 0 Å². The Bertz CT molecular complexity index is 862. The molecule has 0 amide bonds. The lowest BCUT2D eigenvalue weighted by molar-refractivity contribution is -0.402. The van der Waals surface area contributed by atoms with Crippen LogP contribution in [-0.4, -0.2) is 36.4 Å². The van der Waals surface area contributed by atoms with Gasteiger partial charge in [-0.1, -0.05) is 0 Å². The van der Waals surface area contributed by atoms with Crippen molar-refractivity contribution >= 4 is 24.1 Å². The summed E-state index contributed by atoms with van der Waals surface area (Å²) < 4.78 is 15.2. The molecule has 144 valence electrons. The van der Waals surface area contributed by atoms with Crippen molar-refractivity contribution in [3.8, 4) is 0 Å². The van der Waals surface area contributed by atoms with E-state index in [1.54, 1.807) is 13.8 Å². The highest BCUT2D eigenvalue weighted by atomic mass is 16.6. The summed E-state index contributed by atoms with van der Waals surface area (Å²) in [6.45, 7) is 4.80. The molecular formula is C17H18N2O8. The number of allylic oxidation sites excluding steroid dienone is 2. The lowest BCUT2D eigenvalue weighted by Crippen LogP contribution is -2.34. The van der Waals surface area contributed by atoms with E-state index in [-0.39, 0.29) is 28.3 Å². The van der Waals surface area contributed by atoms with Crippen LogP contribution in [0.1, 0.15) is 32.4 Å². The average molecular weight is 378 g/mol. The number of nitrogens with zero attached hydrogens (tertiary/aromatic N) is 1. The van der Waals surface area contributed by atoms with Gasteiger partial charge in [-0.25, -0.2) is 9.59 Å². The number of ether oxygens (including phenoxy) is 2. The van der Waals surface area contributed by atoms with Crippen LogP contribution in [0.25, 0.3) is 0 Å². The number of hydrogen-bond acceptors (Lipinski definition) is 9. The minimum absolute atomic E-state index is 0.0149. The zero-order chi connectivity index (χ0) is 20.3. The molecule has 0 saturated heterocycles. The normalized spacial score (nSPS) is 16.9. The Morgan fingerprint density at radius 3 is 2.44 bits per heavy atom. The number of hydrogen-bond donors (Lipinski definition) is 1. The summed E-state index contributed by atoms with van der Waals surface area (Å²) in [6, 6.07) is 2.35. The Kier molecular flexibility index (Phi) is 5.78. The van der Waals surface area contributed by atoms with Crippen LogP contribution in [0.5, 0.6) is 0 Å². The molecule has 0 radical (unpaired) electrons. The van der Waals surface area contributed by atoms with Crippen LogP contribution in [0.4, 0.5) is 5.88 Å². The quantitative estimate of drug-likeness (QED) is 0.339. The molecule has 0 fully saturated rings. The van der Waals surface area contributed by atoms with Gasteiger partial charge in [-0.05, 0) is 26.8 Å². The summed E-state index contributed by atoms with van der Waals surface area (Å²) in [7, 11) is 1.11. The maximum atomic E-state index is 12.6. The molecule has 2 heterocycles. The van der Waals surface area contributed by atoms with Crippen LogP contribution in [0.3, 0.4) is 0 Å². The topological polar surface area (TPSA) is 138 Å². The maximum absolute atomic E-state index is 12.6. The van der Waals surface area contributed by atoms with Crippen LogP contribution >= 0.6 is 0 Å². The van der Waals surface area contributed by atoms with Crippen molar-refractivity contribution < 1.29 is 33.2 Å². The molecule has 1 aromatic heterocycles. The van der Waals surface area contributed by atoms with E-state index in [1.807, 2.05) is 0 Å². The summed E-state index contributed by atoms with van der Waals surface area (Å²) in [5.41, 5.74) is -0.110. The Balaban J connectivity index is 2.69. The van der Waals surface area contributed by atoms with Crippen molar-refractivity contribution in [1.82, 2.24) is 5.32 Å². The largest absolute Gasteiger partial charge is 0.466 e. The maximum Gasteiger partial charge on any atom is 0.433 e. The monoisotopic (exact) mass is 378 g/mol. The highest BCUT2D eigenvalue weighted by molar-refractivity contribution is 6.03. The Labute approximate surface area is 153 Å². The van der Waals surface area contributed by atoms with Crippen LogP contribution in [0, 0.1) is 10.1 Å². The van der Waals surface area contributed by atoms with E-state index < -0.39 is 34.8 Å². The van der Waals surface area contributed by atoms with Crippen molar-refractivity contribution in [2.45, 2.75) is 32.8 Å². The SMILES string of the molecule is COC(=O)C1=C(C=O)NC(C)=C(C(=O)OC(C)C)C1c1ccc([N+](=O)[O-])o1. The van der Waals surface area contributed by atoms with Crippen LogP contribution in [0.15, 0.2) is 39.1 Å². The first-order chi connectivity index (χ1) is 12.7. The second kappa shape index (κ2) is 7.85.